The van der Waals surface area contributed by atoms with Crippen LogP contribution in [0.5, 0.6) is 0 Å². The Labute approximate surface area is 128 Å². The fraction of sp³-hybridized carbons (Fsp3) is 0.867. The molecule has 0 amide bonds. The minimum absolute atomic E-state index is 0.187. The van der Waals surface area contributed by atoms with Crippen LogP contribution in [-0.2, 0) is 23.8 Å². The first-order valence-corrected chi connectivity index (χ1v) is 9.57. The second kappa shape index (κ2) is 6.92. The van der Waals surface area contributed by atoms with Gasteiger partial charge in [0, 0.05) is 13.8 Å². The molecule has 4 atom stereocenters. The van der Waals surface area contributed by atoms with Crippen LogP contribution in [0.3, 0.4) is 0 Å². The SMILES string of the molecule is CC(=O)OCC(C)(OC(C)=O)[SiH2]CCC1CCC2OC2C1. The van der Waals surface area contributed by atoms with Crippen LogP contribution >= 0.6 is 0 Å². The fourth-order valence-electron chi connectivity index (χ4n) is 3.27. The zero-order valence-corrected chi connectivity index (χ0v) is 14.6. The summed E-state index contributed by atoms with van der Waals surface area (Å²) in [6.07, 6.45) is 5.89. The van der Waals surface area contributed by atoms with Gasteiger partial charge in [-0.15, -0.1) is 0 Å². The Morgan fingerprint density at radius 1 is 1.24 bits per heavy atom. The molecule has 4 unspecified atom stereocenters. The van der Waals surface area contributed by atoms with E-state index in [0.29, 0.717) is 12.2 Å². The molecule has 2 fully saturated rings. The van der Waals surface area contributed by atoms with Gasteiger partial charge in [0.05, 0.1) is 21.7 Å². The third-order valence-corrected chi connectivity index (χ3v) is 6.57. The van der Waals surface area contributed by atoms with E-state index in [0.717, 1.165) is 12.0 Å². The first-order valence-electron chi connectivity index (χ1n) is 7.86. The lowest BCUT2D eigenvalue weighted by Crippen LogP contribution is -2.43. The van der Waals surface area contributed by atoms with E-state index in [-0.39, 0.29) is 18.5 Å². The molecule has 0 radical (unpaired) electrons. The number of hydrogen-bond donors (Lipinski definition) is 0. The second-order valence-electron chi connectivity index (χ2n) is 6.61. The third kappa shape index (κ3) is 5.43. The first-order chi connectivity index (χ1) is 9.88. The molecule has 0 spiro atoms. The number of epoxide rings is 1. The third-order valence-electron chi connectivity index (χ3n) is 4.40. The van der Waals surface area contributed by atoms with Gasteiger partial charge in [-0.2, -0.15) is 0 Å². The zero-order valence-electron chi connectivity index (χ0n) is 13.2. The van der Waals surface area contributed by atoms with Crippen molar-refractivity contribution in [2.24, 2.45) is 5.92 Å². The summed E-state index contributed by atoms with van der Waals surface area (Å²) in [5, 5.41) is -0.579. The van der Waals surface area contributed by atoms with Crippen molar-refractivity contribution in [3.8, 4) is 0 Å². The predicted molar refractivity (Wildman–Crippen MR) is 80.8 cm³/mol. The molecule has 21 heavy (non-hydrogen) atoms. The lowest BCUT2D eigenvalue weighted by molar-refractivity contribution is -0.159. The number of ether oxygens (including phenoxy) is 3. The van der Waals surface area contributed by atoms with Crippen molar-refractivity contribution in [2.75, 3.05) is 6.61 Å². The summed E-state index contributed by atoms with van der Waals surface area (Å²) in [5.41, 5.74) is 0. The average molecular weight is 314 g/mol. The lowest BCUT2D eigenvalue weighted by Gasteiger charge is -2.29. The van der Waals surface area contributed by atoms with Crippen LogP contribution in [0.15, 0.2) is 0 Å². The largest absolute Gasteiger partial charge is 0.462 e. The molecule has 2 rings (SSSR count). The maximum atomic E-state index is 11.3. The quantitative estimate of drug-likeness (QED) is 0.403. The Balaban J connectivity index is 1.74. The Morgan fingerprint density at radius 3 is 2.62 bits per heavy atom. The zero-order chi connectivity index (χ0) is 15.5. The Morgan fingerprint density at radius 2 is 2.00 bits per heavy atom. The van der Waals surface area contributed by atoms with Crippen molar-refractivity contribution in [3.05, 3.63) is 0 Å². The van der Waals surface area contributed by atoms with Gasteiger partial charge < -0.3 is 14.2 Å². The summed E-state index contributed by atoms with van der Waals surface area (Å²) in [5.74, 6) is 0.118. The monoisotopic (exact) mass is 314 g/mol. The Hall–Kier alpha value is -0.883. The van der Waals surface area contributed by atoms with E-state index < -0.39 is 14.7 Å². The minimum atomic E-state index is -0.666. The molecule has 120 valence electrons. The van der Waals surface area contributed by atoms with Gasteiger partial charge in [-0.1, -0.05) is 12.5 Å². The number of fused-ring (bicyclic) bond motifs is 1. The molecule has 1 saturated carbocycles. The molecule has 6 heteroatoms. The molecule has 5 nitrogen and oxygen atoms in total. The number of rotatable bonds is 7. The van der Waals surface area contributed by atoms with Gasteiger partial charge in [0.1, 0.15) is 11.8 Å². The predicted octanol–water partition coefficient (Wildman–Crippen LogP) is 1.37. The number of esters is 2. The van der Waals surface area contributed by atoms with E-state index in [9.17, 15) is 9.59 Å². The highest BCUT2D eigenvalue weighted by Gasteiger charge is 2.43. The highest BCUT2D eigenvalue weighted by atomic mass is 28.2. The summed E-state index contributed by atoms with van der Waals surface area (Å²) < 4.78 is 16.1. The van der Waals surface area contributed by atoms with Crippen LogP contribution in [0.4, 0.5) is 0 Å². The van der Waals surface area contributed by atoms with Crippen molar-refractivity contribution in [3.63, 3.8) is 0 Å². The van der Waals surface area contributed by atoms with Gasteiger partial charge in [-0.25, -0.2) is 0 Å². The second-order valence-corrected chi connectivity index (χ2v) is 9.31. The smallest absolute Gasteiger partial charge is 0.302 e. The molecule has 0 aromatic heterocycles. The standard InChI is InChI=1S/C15H26O5Si/c1-10(16)18-9-15(3,20-11(2)17)21-7-6-12-4-5-13-14(8-12)19-13/h12-14H,4-9,21H2,1-3H3. The molecule has 2 aliphatic rings. The molecule has 0 bridgehead atoms. The van der Waals surface area contributed by atoms with Crippen molar-refractivity contribution in [1.29, 1.82) is 0 Å². The van der Waals surface area contributed by atoms with E-state index in [2.05, 4.69) is 0 Å². The van der Waals surface area contributed by atoms with Gasteiger partial charge in [-0.05, 0) is 32.1 Å². The normalized spacial score (nSPS) is 30.5. The molecule has 1 aliphatic heterocycles. The van der Waals surface area contributed by atoms with Crippen LogP contribution in [-0.4, -0.2) is 45.5 Å². The topological polar surface area (TPSA) is 65.1 Å². The molecular formula is C15H26O5Si. The van der Waals surface area contributed by atoms with Gasteiger partial charge in [0.15, 0.2) is 0 Å². The van der Waals surface area contributed by atoms with E-state index in [1.54, 1.807) is 0 Å². The van der Waals surface area contributed by atoms with Crippen LogP contribution < -0.4 is 0 Å². The molecule has 1 heterocycles. The average Bonchev–Trinajstić information content (AvgIpc) is 3.14. The van der Waals surface area contributed by atoms with Crippen LogP contribution in [0.25, 0.3) is 0 Å². The van der Waals surface area contributed by atoms with E-state index in [1.165, 1.54) is 39.5 Å². The van der Waals surface area contributed by atoms with Gasteiger partial charge in [-0.3, -0.25) is 9.59 Å². The van der Waals surface area contributed by atoms with E-state index in [4.69, 9.17) is 14.2 Å². The molecular weight excluding hydrogens is 288 g/mol. The Bertz CT molecular complexity index is 400. The highest BCUT2D eigenvalue weighted by molar-refractivity contribution is 6.39. The van der Waals surface area contributed by atoms with Gasteiger partial charge in [0.25, 0.3) is 0 Å². The van der Waals surface area contributed by atoms with Crippen LogP contribution in [0.2, 0.25) is 6.04 Å². The Kier molecular flexibility index (Phi) is 5.43. The molecule has 0 aromatic carbocycles. The summed E-state index contributed by atoms with van der Waals surface area (Å²) in [6, 6.07) is 1.10. The number of carbonyl (C=O) groups is 2. The molecule has 0 N–H and O–H groups in total. The van der Waals surface area contributed by atoms with Gasteiger partial charge >= 0.3 is 11.9 Å². The maximum Gasteiger partial charge on any atom is 0.302 e. The van der Waals surface area contributed by atoms with Crippen LogP contribution in [0.1, 0.15) is 46.5 Å². The van der Waals surface area contributed by atoms with Crippen LogP contribution in [0, 0.1) is 5.92 Å². The maximum absolute atomic E-state index is 11.3. The molecule has 1 saturated heterocycles. The molecule has 0 aromatic rings. The number of carbonyl (C=O) groups excluding carboxylic acids is 2. The summed E-state index contributed by atoms with van der Waals surface area (Å²) >= 11 is 0. The minimum Gasteiger partial charge on any atom is -0.462 e. The lowest BCUT2D eigenvalue weighted by atomic mass is 9.88. The van der Waals surface area contributed by atoms with E-state index >= 15 is 0 Å². The fourth-order valence-corrected chi connectivity index (χ4v) is 5.35. The van der Waals surface area contributed by atoms with Crippen molar-refractivity contribution >= 4 is 21.5 Å². The highest BCUT2D eigenvalue weighted by Crippen LogP contribution is 2.41. The summed E-state index contributed by atoms with van der Waals surface area (Å²) in [6.45, 7) is 4.87. The van der Waals surface area contributed by atoms with Gasteiger partial charge in [0.2, 0.25) is 0 Å². The summed E-state index contributed by atoms with van der Waals surface area (Å²) in [4.78, 5) is 22.2. The number of hydrogen-bond acceptors (Lipinski definition) is 5. The molecule has 1 aliphatic carbocycles. The van der Waals surface area contributed by atoms with Crippen molar-refractivity contribution in [2.45, 2.75) is 69.9 Å². The van der Waals surface area contributed by atoms with E-state index in [1.807, 2.05) is 6.92 Å². The summed E-state index contributed by atoms with van der Waals surface area (Å²) in [7, 11) is -0.666. The van der Waals surface area contributed by atoms with Crippen molar-refractivity contribution in [1.82, 2.24) is 0 Å². The van der Waals surface area contributed by atoms with Crippen molar-refractivity contribution < 1.29 is 23.8 Å². The first kappa shape index (κ1) is 16.5.